The van der Waals surface area contributed by atoms with E-state index in [-0.39, 0.29) is 24.5 Å². The van der Waals surface area contributed by atoms with Crippen LogP contribution in [-0.2, 0) is 9.53 Å². The lowest BCUT2D eigenvalue weighted by atomic mass is 10.1. The Labute approximate surface area is 104 Å². The van der Waals surface area contributed by atoms with Crippen LogP contribution < -0.4 is 4.74 Å². The number of carbonyl (C=O) groups excluding carboxylic acids is 2. The van der Waals surface area contributed by atoms with Gasteiger partial charge in [0.2, 0.25) is 5.88 Å². The smallest absolute Gasteiger partial charge is 0.313 e. The highest BCUT2D eigenvalue weighted by Gasteiger charge is 2.18. The Kier molecular flexibility index (Phi) is 4.90. The van der Waals surface area contributed by atoms with Gasteiger partial charge in [-0.1, -0.05) is 11.6 Å². The van der Waals surface area contributed by atoms with Crippen molar-refractivity contribution in [3.05, 3.63) is 22.8 Å². The molecule has 0 atom stereocenters. The summed E-state index contributed by atoms with van der Waals surface area (Å²) in [6.07, 6.45) is 1.01. The molecule has 0 bridgehead atoms. The molecular formula is C11H12ClNO4. The summed E-state index contributed by atoms with van der Waals surface area (Å²) in [6, 6.07) is 1.41. The second-order valence-electron chi connectivity index (χ2n) is 3.12. The van der Waals surface area contributed by atoms with Crippen LogP contribution in [-0.4, -0.2) is 30.5 Å². The van der Waals surface area contributed by atoms with Crippen molar-refractivity contribution in [2.45, 2.75) is 13.3 Å². The Morgan fingerprint density at radius 3 is 2.76 bits per heavy atom. The number of halogens is 1. The average molecular weight is 258 g/mol. The highest BCUT2D eigenvalue weighted by atomic mass is 35.5. The van der Waals surface area contributed by atoms with Crippen molar-refractivity contribution >= 4 is 23.4 Å². The molecule has 17 heavy (non-hydrogen) atoms. The van der Waals surface area contributed by atoms with Crippen LogP contribution in [0.2, 0.25) is 5.02 Å². The largest absolute Gasteiger partial charge is 0.480 e. The number of methoxy groups -OCH3 is 1. The Balaban J connectivity index is 2.87. The van der Waals surface area contributed by atoms with Gasteiger partial charge in [0.15, 0.2) is 5.78 Å². The number of ketones is 1. The molecule has 0 N–H and O–H groups in total. The van der Waals surface area contributed by atoms with Crippen LogP contribution in [0, 0.1) is 0 Å². The van der Waals surface area contributed by atoms with Crippen LogP contribution in [0.25, 0.3) is 0 Å². The summed E-state index contributed by atoms with van der Waals surface area (Å²) in [5.74, 6) is -0.876. The Bertz CT molecular complexity index is 433. The molecule has 0 aliphatic carbocycles. The fourth-order valence-electron chi connectivity index (χ4n) is 1.23. The molecule has 1 heterocycles. The topological polar surface area (TPSA) is 65.5 Å². The van der Waals surface area contributed by atoms with Gasteiger partial charge in [0.25, 0.3) is 0 Å². The maximum atomic E-state index is 11.8. The molecule has 0 saturated carbocycles. The molecule has 0 aromatic carbocycles. The first-order valence-corrected chi connectivity index (χ1v) is 5.34. The van der Waals surface area contributed by atoms with Crippen LogP contribution in [0.5, 0.6) is 5.88 Å². The lowest BCUT2D eigenvalue weighted by Gasteiger charge is -2.06. The van der Waals surface area contributed by atoms with Gasteiger partial charge in [-0.3, -0.25) is 9.59 Å². The second-order valence-corrected chi connectivity index (χ2v) is 3.55. The van der Waals surface area contributed by atoms with Crippen molar-refractivity contribution in [1.29, 1.82) is 0 Å². The predicted octanol–water partition coefficient (Wildman–Crippen LogP) is 1.88. The highest BCUT2D eigenvalue weighted by molar-refractivity contribution is 6.31. The van der Waals surface area contributed by atoms with Crippen molar-refractivity contribution in [3.8, 4) is 5.88 Å². The maximum Gasteiger partial charge on any atom is 0.313 e. The highest BCUT2D eigenvalue weighted by Crippen LogP contribution is 2.20. The SMILES string of the molecule is CCOC(=O)CC(=O)c1cc(Cl)cnc1OC. The minimum absolute atomic E-state index is 0.142. The summed E-state index contributed by atoms with van der Waals surface area (Å²) in [4.78, 5) is 26.8. The third-order valence-electron chi connectivity index (χ3n) is 1.92. The van der Waals surface area contributed by atoms with Gasteiger partial charge in [0, 0.05) is 6.20 Å². The Hall–Kier alpha value is -1.62. The van der Waals surface area contributed by atoms with Crippen LogP contribution >= 0.6 is 11.6 Å². The first-order chi connectivity index (χ1) is 8.08. The van der Waals surface area contributed by atoms with Gasteiger partial charge in [-0.05, 0) is 13.0 Å². The molecule has 0 amide bonds. The zero-order valence-electron chi connectivity index (χ0n) is 9.53. The first-order valence-electron chi connectivity index (χ1n) is 4.96. The number of ether oxygens (including phenoxy) is 2. The molecule has 92 valence electrons. The molecule has 0 spiro atoms. The quantitative estimate of drug-likeness (QED) is 0.458. The molecule has 1 aromatic heterocycles. The summed E-state index contributed by atoms with van der Waals surface area (Å²) in [5, 5.41) is 0.304. The molecule has 1 rings (SSSR count). The van der Waals surface area contributed by atoms with E-state index in [0.717, 1.165) is 0 Å². The Morgan fingerprint density at radius 2 is 2.18 bits per heavy atom. The number of hydrogen-bond acceptors (Lipinski definition) is 5. The van der Waals surface area contributed by atoms with E-state index in [1.807, 2.05) is 0 Å². The number of nitrogens with zero attached hydrogens (tertiary/aromatic N) is 1. The van der Waals surface area contributed by atoms with Crippen molar-refractivity contribution in [1.82, 2.24) is 4.98 Å². The third kappa shape index (κ3) is 3.71. The second kappa shape index (κ2) is 6.20. The number of Topliss-reactive ketones (excluding diaryl/α,β-unsaturated/α-hetero) is 1. The van der Waals surface area contributed by atoms with Crippen molar-refractivity contribution < 1.29 is 19.1 Å². The van der Waals surface area contributed by atoms with E-state index in [2.05, 4.69) is 9.72 Å². The van der Waals surface area contributed by atoms with Crippen LogP contribution in [0.4, 0.5) is 0 Å². The van der Waals surface area contributed by atoms with Crippen molar-refractivity contribution in [2.75, 3.05) is 13.7 Å². The van der Waals surface area contributed by atoms with E-state index < -0.39 is 11.8 Å². The molecule has 0 saturated heterocycles. The number of rotatable bonds is 5. The van der Waals surface area contributed by atoms with E-state index in [4.69, 9.17) is 16.3 Å². The molecule has 0 radical (unpaired) electrons. The molecule has 1 aromatic rings. The lowest BCUT2D eigenvalue weighted by Crippen LogP contribution is -2.12. The maximum absolute atomic E-state index is 11.8. The first kappa shape index (κ1) is 13.4. The number of carbonyl (C=O) groups is 2. The predicted molar refractivity (Wildman–Crippen MR) is 61.4 cm³/mol. The number of aromatic nitrogens is 1. The van der Waals surface area contributed by atoms with Crippen molar-refractivity contribution in [3.63, 3.8) is 0 Å². The summed E-state index contributed by atoms with van der Waals surface area (Å²) in [5.41, 5.74) is 0.174. The average Bonchev–Trinajstić information content (AvgIpc) is 2.29. The fraction of sp³-hybridized carbons (Fsp3) is 0.364. The summed E-state index contributed by atoms with van der Waals surface area (Å²) >= 11 is 5.73. The fourth-order valence-corrected chi connectivity index (χ4v) is 1.39. The van der Waals surface area contributed by atoms with Gasteiger partial charge >= 0.3 is 5.97 Å². The van der Waals surface area contributed by atoms with E-state index in [1.165, 1.54) is 19.4 Å². The zero-order chi connectivity index (χ0) is 12.8. The molecule has 5 nitrogen and oxygen atoms in total. The monoisotopic (exact) mass is 257 g/mol. The summed E-state index contributed by atoms with van der Waals surface area (Å²) < 4.78 is 9.60. The van der Waals surface area contributed by atoms with E-state index in [0.29, 0.717) is 5.02 Å². The lowest BCUT2D eigenvalue weighted by molar-refractivity contribution is -0.141. The van der Waals surface area contributed by atoms with Crippen LogP contribution in [0.3, 0.4) is 0 Å². The normalized spacial score (nSPS) is 9.82. The van der Waals surface area contributed by atoms with Gasteiger partial charge in [-0.25, -0.2) is 4.98 Å². The van der Waals surface area contributed by atoms with Gasteiger partial charge in [-0.15, -0.1) is 0 Å². The van der Waals surface area contributed by atoms with E-state index in [9.17, 15) is 9.59 Å². The van der Waals surface area contributed by atoms with Gasteiger partial charge in [0.05, 0.1) is 24.3 Å². The molecule has 0 aliphatic heterocycles. The minimum Gasteiger partial charge on any atom is -0.480 e. The minimum atomic E-state index is -0.584. The summed E-state index contributed by atoms with van der Waals surface area (Å²) in [7, 11) is 1.39. The molecular weight excluding hydrogens is 246 g/mol. The van der Waals surface area contributed by atoms with E-state index >= 15 is 0 Å². The van der Waals surface area contributed by atoms with Gasteiger partial charge < -0.3 is 9.47 Å². The number of esters is 1. The number of pyridine rings is 1. The molecule has 6 heteroatoms. The Morgan fingerprint density at radius 1 is 1.47 bits per heavy atom. The van der Waals surface area contributed by atoms with Crippen LogP contribution in [0.1, 0.15) is 23.7 Å². The molecule has 0 fully saturated rings. The molecule has 0 unspecified atom stereocenters. The van der Waals surface area contributed by atoms with Crippen molar-refractivity contribution in [2.24, 2.45) is 0 Å². The zero-order valence-corrected chi connectivity index (χ0v) is 10.3. The van der Waals surface area contributed by atoms with Crippen LogP contribution in [0.15, 0.2) is 12.3 Å². The van der Waals surface area contributed by atoms with Gasteiger partial charge in [-0.2, -0.15) is 0 Å². The summed E-state index contributed by atoms with van der Waals surface area (Å²) in [6.45, 7) is 1.90. The standard InChI is InChI=1S/C11H12ClNO4/c1-3-17-10(15)5-9(14)8-4-7(12)6-13-11(8)16-2/h4,6H,3,5H2,1-2H3. The number of hydrogen-bond donors (Lipinski definition) is 0. The van der Waals surface area contributed by atoms with Gasteiger partial charge in [0.1, 0.15) is 6.42 Å². The third-order valence-corrected chi connectivity index (χ3v) is 2.13. The van der Waals surface area contributed by atoms with E-state index in [1.54, 1.807) is 6.92 Å². The molecule has 0 aliphatic rings.